The van der Waals surface area contributed by atoms with Gasteiger partial charge in [-0.25, -0.2) is 0 Å². The number of rotatable bonds is 8. The number of phenolic OH excluding ortho intramolecular Hbond substituents is 2. The number of aromatic hydroxyl groups is 2. The van der Waals surface area contributed by atoms with E-state index < -0.39 is 90.7 Å². The minimum atomic E-state index is -1.92. The normalized spacial score (nSPS) is 31.9. The number of hydrogen-bond acceptors (Lipinski definition) is 16. The Kier molecular flexibility index (Phi) is 9.41. The second kappa shape index (κ2) is 13.0. The van der Waals surface area contributed by atoms with Gasteiger partial charge in [-0.2, -0.15) is 0 Å². The standard InChI is InChI=1S/C29H34O16/c1-10-19(32)22(35)24(37)28(42-10)41-9-17-20(33)23(36)25(38)29(44-17)45-27-21(34)18-13(31)7-12(30)8-16(18)43-26(27)11-4-5-14(39-2)15(6-11)40-3/h4-8,10,17,19-20,22-25,28-33,35-38H,9H2,1-3H3/t10-,17+,19-,20-,22-,23+,24+,25+,28+,29-/m0/s1. The van der Waals surface area contributed by atoms with Crippen LogP contribution in [0.5, 0.6) is 28.7 Å². The average molecular weight is 639 g/mol. The molecule has 0 unspecified atom stereocenters. The zero-order valence-corrected chi connectivity index (χ0v) is 24.2. The third-order valence-electron chi connectivity index (χ3n) is 7.70. The summed E-state index contributed by atoms with van der Waals surface area (Å²) < 4.78 is 38.9. The lowest BCUT2D eigenvalue weighted by molar-refractivity contribution is -0.318. The molecule has 3 aromatic rings. The number of phenols is 2. The average Bonchev–Trinajstić information content (AvgIpc) is 3.02. The predicted molar refractivity (Wildman–Crippen MR) is 150 cm³/mol. The first-order chi connectivity index (χ1) is 21.4. The predicted octanol–water partition coefficient (Wildman–Crippen LogP) is -1.08. The van der Waals surface area contributed by atoms with Crippen LogP contribution in [0.1, 0.15) is 6.92 Å². The van der Waals surface area contributed by atoms with Crippen molar-refractivity contribution < 1.29 is 73.7 Å². The maximum Gasteiger partial charge on any atom is 0.239 e. The van der Waals surface area contributed by atoms with Crippen LogP contribution in [-0.4, -0.2) is 123 Å². The summed E-state index contributed by atoms with van der Waals surface area (Å²) >= 11 is 0. The van der Waals surface area contributed by atoms with Crippen molar-refractivity contribution in [3.63, 3.8) is 0 Å². The highest BCUT2D eigenvalue weighted by Gasteiger charge is 2.47. The number of hydrogen-bond donors (Lipinski definition) is 8. The number of fused-ring (bicyclic) bond motifs is 1. The Bertz CT molecular complexity index is 1570. The lowest BCUT2D eigenvalue weighted by Crippen LogP contribution is -2.61. The lowest BCUT2D eigenvalue weighted by atomic mass is 9.98. The van der Waals surface area contributed by atoms with E-state index in [1.165, 1.54) is 39.3 Å². The van der Waals surface area contributed by atoms with Gasteiger partial charge in [-0.15, -0.1) is 0 Å². The molecular formula is C29H34O16. The molecule has 246 valence electrons. The number of benzene rings is 2. The molecule has 0 bridgehead atoms. The molecule has 45 heavy (non-hydrogen) atoms. The SMILES string of the molecule is COc1ccc(-c2oc3cc(O)cc(O)c3c(=O)c2O[C@@H]2O[C@H](CO[C@@H]3O[C@@H](C)[C@H](O)[C@H](O)[C@H]3O)[C@H](O)[C@@H](O)[C@H]2O)cc1OC. The van der Waals surface area contributed by atoms with E-state index in [-0.39, 0.29) is 28.0 Å². The van der Waals surface area contributed by atoms with Gasteiger partial charge in [-0.1, -0.05) is 0 Å². The van der Waals surface area contributed by atoms with Crippen molar-refractivity contribution in [2.75, 3.05) is 20.8 Å². The largest absolute Gasteiger partial charge is 0.508 e. The zero-order valence-electron chi connectivity index (χ0n) is 24.2. The van der Waals surface area contributed by atoms with E-state index in [0.29, 0.717) is 5.75 Å². The molecule has 1 aromatic heterocycles. The Labute approximate surface area is 254 Å². The zero-order chi connectivity index (χ0) is 32.7. The van der Waals surface area contributed by atoms with Crippen molar-refractivity contribution in [2.24, 2.45) is 0 Å². The summed E-state index contributed by atoms with van der Waals surface area (Å²) in [4.78, 5) is 13.8. The number of ether oxygens (including phenoxy) is 6. The fourth-order valence-electron chi connectivity index (χ4n) is 5.15. The molecule has 0 spiro atoms. The van der Waals surface area contributed by atoms with Gasteiger partial charge in [0.25, 0.3) is 0 Å². The molecule has 2 aliphatic rings. The maximum atomic E-state index is 13.8. The van der Waals surface area contributed by atoms with Crippen LogP contribution in [0.25, 0.3) is 22.3 Å². The second-order valence-electron chi connectivity index (χ2n) is 10.6. The fourth-order valence-corrected chi connectivity index (χ4v) is 5.15. The van der Waals surface area contributed by atoms with Crippen LogP contribution in [-0.2, 0) is 14.2 Å². The van der Waals surface area contributed by atoms with Crippen LogP contribution in [0.2, 0.25) is 0 Å². The van der Waals surface area contributed by atoms with E-state index in [4.69, 9.17) is 32.8 Å². The van der Waals surface area contributed by atoms with Crippen molar-refractivity contribution in [1.29, 1.82) is 0 Å². The summed E-state index contributed by atoms with van der Waals surface area (Å²) in [5.74, 6) is -1.28. The van der Waals surface area contributed by atoms with E-state index in [9.17, 15) is 45.6 Å². The second-order valence-corrected chi connectivity index (χ2v) is 10.6. The van der Waals surface area contributed by atoms with Gasteiger partial charge in [-0.3, -0.25) is 4.79 Å². The number of methoxy groups -OCH3 is 2. The van der Waals surface area contributed by atoms with Gasteiger partial charge in [0.15, 0.2) is 23.5 Å². The Morgan fingerprint density at radius 1 is 0.778 bits per heavy atom. The van der Waals surface area contributed by atoms with Crippen molar-refractivity contribution in [1.82, 2.24) is 0 Å². The molecule has 16 heteroatoms. The fraction of sp³-hybridized carbons (Fsp3) is 0.483. The minimum absolute atomic E-state index is 0.202. The summed E-state index contributed by atoms with van der Waals surface area (Å²) in [6, 6.07) is 6.48. The van der Waals surface area contributed by atoms with Crippen molar-refractivity contribution >= 4 is 11.0 Å². The molecule has 0 amide bonds. The van der Waals surface area contributed by atoms with Gasteiger partial charge in [-0.05, 0) is 25.1 Å². The Balaban J connectivity index is 1.50. The maximum absolute atomic E-state index is 13.8. The first kappa shape index (κ1) is 32.7. The summed E-state index contributed by atoms with van der Waals surface area (Å²) in [5.41, 5.74) is -0.953. The number of aliphatic hydroxyl groups excluding tert-OH is 6. The van der Waals surface area contributed by atoms with Gasteiger partial charge < -0.3 is 73.7 Å². The summed E-state index contributed by atoms with van der Waals surface area (Å²) in [7, 11) is 2.80. The molecule has 5 rings (SSSR count). The smallest absolute Gasteiger partial charge is 0.239 e. The highest BCUT2D eigenvalue weighted by atomic mass is 16.7. The monoisotopic (exact) mass is 638 g/mol. The van der Waals surface area contributed by atoms with Crippen LogP contribution in [0.4, 0.5) is 0 Å². The van der Waals surface area contributed by atoms with Crippen LogP contribution >= 0.6 is 0 Å². The molecule has 16 nitrogen and oxygen atoms in total. The molecule has 2 aromatic carbocycles. The highest BCUT2D eigenvalue weighted by molar-refractivity contribution is 5.88. The molecule has 2 saturated heterocycles. The topological polar surface area (TPSA) is 247 Å². The lowest BCUT2D eigenvalue weighted by Gasteiger charge is -2.42. The molecule has 2 fully saturated rings. The highest BCUT2D eigenvalue weighted by Crippen LogP contribution is 2.40. The molecule has 10 atom stereocenters. The van der Waals surface area contributed by atoms with Crippen molar-refractivity contribution in [3.05, 3.63) is 40.6 Å². The van der Waals surface area contributed by atoms with Gasteiger partial charge in [0.2, 0.25) is 17.5 Å². The van der Waals surface area contributed by atoms with Crippen LogP contribution in [0.3, 0.4) is 0 Å². The van der Waals surface area contributed by atoms with Crippen molar-refractivity contribution in [3.8, 4) is 40.1 Å². The molecule has 2 aliphatic heterocycles. The summed E-state index contributed by atoms with van der Waals surface area (Å²) in [5, 5.41) is 82.3. The Morgan fingerprint density at radius 2 is 1.44 bits per heavy atom. The van der Waals surface area contributed by atoms with Gasteiger partial charge >= 0.3 is 0 Å². The first-order valence-electron chi connectivity index (χ1n) is 13.8. The molecule has 0 saturated carbocycles. The Morgan fingerprint density at radius 3 is 2.13 bits per heavy atom. The molecule has 0 aliphatic carbocycles. The minimum Gasteiger partial charge on any atom is -0.508 e. The van der Waals surface area contributed by atoms with Crippen LogP contribution in [0, 0.1) is 0 Å². The van der Waals surface area contributed by atoms with E-state index in [1.54, 1.807) is 0 Å². The first-order valence-corrected chi connectivity index (χ1v) is 13.8. The third-order valence-corrected chi connectivity index (χ3v) is 7.70. The van der Waals surface area contributed by atoms with Crippen LogP contribution < -0.4 is 19.6 Å². The molecule has 8 N–H and O–H groups in total. The van der Waals surface area contributed by atoms with E-state index in [1.807, 2.05) is 0 Å². The third kappa shape index (κ3) is 6.11. The molecular weight excluding hydrogens is 604 g/mol. The van der Waals surface area contributed by atoms with Crippen molar-refractivity contribution in [2.45, 2.75) is 68.3 Å². The molecule has 0 radical (unpaired) electrons. The van der Waals surface area contributed by atoms with Crippen LogP contribution in [0.15, 0.2) is 39.5 Å². The summed E-state index contributed by atoms with van der Waals surface area (Å²) in [6.45, 7) is 0.868. The van der Waals surface area contributed by atoms with Gasteiger partial charge in [0.1, 0.15) is 65.2 Å². The number of aliphatic hydroxyl groups is 6. The van der Waals surface area contributed by atoms with E-state index in [0.717, 1.165) is 12.1 Å². The van der Waals surface area contributed by atoms with E-state index in [2.05, 4.69) is 0 Å². The Hall–Kier alpha value is -3.71. The summed E-state index contributed by atoms with van der Waals surface area (Å²) in [6.07, 6.45) is -15.9. The van der Waals surface area contributed by atoms with Gasteiger partial charge in [0, 0.05) is 17.7 Å². The quantitative estimate of drug-likeness (QED) is 0.146. The molecule has 3 heterocycles. The van der Waals surface area contributed by atoms with E-state index >= 15 is 0 Å². The van der Waals surface area contributed by atoms with Gasteiger partial charge in [0.05, 0.1) is 26.9 Å².